The Morgan fingerprint density at radius 3 is 2.59 bits per heavy atom. The minimum absolute atomic E-state index is 0.0249. The van der Waals surface area contributed by atoms with E-state index in [1.807, 2.05) is 50.6 Å². The van der Waals surface area contributed by atoms with Gasteiger partial charge in [-0.1, -0.05) is 29.5 Å². The molecule has 3 aromatic rings. The van der Waals surface area contributed by atoms with Crippen LogP contribution in [0.4, 0.5) is 5.13 Å². The number of benzene rings is 2. The van der Waals surface area contributed by atoms with E-state index in [0.29, 0.717) is 10.9 Å². The first-order chi connectivity index (χ1) is 15.5. The maximum Gasteiger partial charge on any atom is 0.236 e. The fourth-order valence-electron chi connectivity index (χ4n) is 4.16. The average molecular weight is 452 g/mol. The van der Waals surface area contributed by atoms with Crippen LogP contribution >= 0.6 is 11.3 Å². The van der Waals surface area contributed by atoms with Gasteiger partial charge in [-0.25, -0.2) is 4.98 Å². The number of fused-ring (bicyclic) bond motifs is 1. The fourth-order valence-corrected chi connectivity index (χ4v) is 5.19. The van der Waals surface area contributed by atoms with Crippen molar-refractivity contribution in [2.45, 2.75) is 24.3 Å². The number of methoxy groups -OCH3 is 1. The van der Waals surface area contributed by atoms with Gasteiger partial charge in [-0.15, -0.1) is 0 Å². The van der Waals surface area contributed by atoms with E-state index in [1.54, 1.807) is 7.11 Å². The second-order valence-electron chi connectivity index (χ2n) is 8.31. The van der Waals surface area contributed by atoms with Crippen LogP contribution in [0.25, 0.3) is 0 Å². The van der Waals surface area contributed by atoms with Crippen molar-refractivity contribution in [3.63, 3.8) is 0 Å². The maximum atomic E-state index is 13.2. The summed E-state index contributed by atoms with van der Waals surface area (Å²) in [5.74, 6) is 2.22. The van der Waals surface area contributed by atoms with Crippen molar-refractivity contribution in [2.24, 2.45) is 0 Å². The molecule has 2 aromatic carbocycles. The minimum atomic E-state index is -0.524. The Balaban J connectivity index is 1.34. The van der Waals surface area contributed by atoms with Gasteiger partial charge in [0.15, 0.2) is 16.6 Å². The normalized spacial score (nSPS) is 16.6. The second kappa shape index (κ2) is 8.11. The highest BCUT2D eigenvalue weighted by Crippen LogP contribution is 2.51. The highest BCUT2D eigenvalue weighted by atomic mass is 32.1. The molecule has 32 heavy (non-hydrogen) atoms. The molecule has 1 aromatic heterocycles. The van der Waals surface area contributed by atoms with E-state index in [-0.39, 0.29) is 18.7 Å². The zero-order chi connectivity index (χ0) is 22.3. The Bertz CT molecular complexity index is 1140. The van der Waals surface area contributed by atoms with Crippen molar-refractivity contribution >= 4 is 22.4 Å². The van der Waals surface area contributed by atoms with Crippen LogP contribution in [0, 0.1) is 0 Å². The summed E-state index contributed by atoms with van der Waals surface area (Å²) in [6, 6.07) is 13.8. The van der Waals surface area contributed by atoms with Crippen molar-refractivity contribution in [1.29, 1.82) is 0 Å². The molecule has 0 bridgehead atoms. The van der Waals surface area contributed by atoms with E-state index in [4.69, 9.17) is 14.2 Å². The molecule has 1 saturated carbocycles. The Morgan fingerprint density at radius 2 is 1.91 bits per heavy atom. The highest BCUT2D eigenvalue weighted by molar-refractivity contribution is 7.15. The molecule has 1 amide bonds. The largest absolute Gasteiger partial charge is 0.497 e. The Labute approximate surface area is 190 Å². The van der Waals surface area contributed by atoms with E-state index < -0.39 is 5.41 Å². The number of thiazole rings is 1. The van der Waals surface area contributed by atoms with Crippen LogP contribution < -0.4 is 19.5 Å². The standard InChI is InChI=1S/C24H25N3O4S/c1-27(2)21(15-4-7-17(29-3)8-5-15)20-13-25-23(32-20)26-22(28)24(10-11-24)16-6-9-18-19(12-16)31-14-30-18/h4-9,12-13,21H,10-11,14H2,1-3H3,(H,25,26,28). The molecule has 0 radical (unpaired) electrons. The summed E-state index contributed by atoms with van der Waals surface area (Å²) in [4.78, 5) is 20.9. The van der Waals surface area contributed by atoms with Crippen molar-refractivity contribution in [1.82, 2.24) is 9.88 Å². The lowest BCUT2D eigenvalue weighted by Gasteiger charge is -2.23. The van der Waals surface area contributed by atoms with Gasteiger partial charge in [-0.3, -0.25) is 9.69 Å². The molecule has 166 valence electrons. The van der Waals surface area contributed by atoms with Gasteiger partial charge >= 0.3 is 0 Å². The molecule has 2 aliphatic rings. The van der Waals surface area contributed by atoms with Gasteiger partial charge in [0.05, 0.1) is 18.6 Å². The van der Waals surface area contributed by atoms with Crippen molar-refractivity contribution in [3.05, 3.63) is 64.7 Å². The first-order valence-corrected chi connectivity index (χ1v) is 11.3. The molecule has 2 heterocycles. The van der Waals surface area contributed by atoms with Crippen LogP contribution in [-0.2, 0) is 10.2 Å². The molecule has 1 aliphatic carbocycles. The number of hydrogen-bond acceptors (Lipinski definition) is 7. The molecular formula is C24H25N3O4S. The van der Waals surface area contributed by atoms with Crippen LogP contribution in [0.1, 0.15) is 34.9 Å². The number of rotatable bonds is 7. The lowest BCUT2D eigenvalue weighted by molar-refractivity contribution is -0.118. The molecule has 1 atom stereocenters. The minimum Gasteiger partial charge on any atom is -0.497 e. The lowest BCUT2D eigenvalue weighted by atomic mass is 9.94. The van der Waals surface area contributed by atoms with Crippen molar-refractivity contribution < 1.29 is 19.0 Å². The molecule has 1 fully saturated rings. The maximum absolute atomic E-state index is 13.2. The molecule has 8 heteroatoms. The summed E-state index contributed by atoms with van der Waals surface area (Å²) >= 11 is 1.50. The van der Waals surface area contributed by atoms with Gasteiger partial charge in [-0.2, -0.15) is 0 Å². The average Bonchev–Trinajstić information content (AvgIpc) is 3.26. The quantitative estimate of drug-likeness (QED) is 0.580. The predicted octanol–water partition coefficient (Wildman–Crippen LogP) is 4.20. The predicted molar refractivity (Wildman–Crippen MR) is 123 cm³/mol. The van der Waals surface area contributed by atoms with E-state index in [2.05, 4.69) is 27.3 Å². The second-order valence-corrected chi connectivity index (χ2v) is 9.37. The van der Waals surface area contributed by atoms with Crippen LogP contribution in [-0.4, -0.2) is 43.8 Å². The molecular weight excluding hydrogens is 426 g/mol. The molecule has 0 spiro atoms. The number of hydrogen-bond donors (Lipinski definition) is 1. The highest BCUT2D eigenvalue weighted by Gasteiger charge is 2.52. The topological polar surface area (TPSA) is 72.9 Å². The first kappa shape index (κ1) is 20.8. The van der Waals surface area contributed by atoms with Gasteiger partial charge in [0.2, 0.25) is 12.7 Å². The molecule has 1 unspecified atom stereocenters. The molecule has 1 N–H and O–H groups in total. The first-order valence-electron chi connectivity index (χ1n) is 10.5. The van der Waals surface area contributed by atoms with Crippen LogP contribution in [0.3, 0.4) is 0 Å². The van der Waals surface area contributed by atoms with Crippen LogP contribution in [0.2, 0.25) is 0 Å². The summed E-state index contributed by atoms with van der Waals surface area (Å²) < 4.78 is 16.2. The lowest BCUT2D eigenvalue weighted by Crippen LogP contribution is -2.27. The van der Waals surface area contributed by atoms with E-state index >= 15 is 0 Å². The monoisotopic (exact) mass is 451 g/mol. The van der Waals surface area contributed by atoms with Gasteiger partial charge in [0.25, 0.3) is 0 Å². The summed E-state index contributed by atoms with van der Waals surface area (Å²) in [7, 11) is 5.73. The van der Waals surface area contributed by atoms with Gasteiger partial charge in [-0.05, 0) is 62.3 Å². The third-order valence-corrected chi connectivity index (χ3v) is 7.04. The summed E-state index contributed by atoms with van der Waals surface area (Å²) in [5.41, 5.74) is 1.57. The number of carbonyl (C=O) groups is 1. The van der Waals surface area contributed by atoms with E-state index in [1.165, 1.54) is 11.3 Å². The SMILES string of the molecule is COc1ccc(C(c2cnc(NC(=O)C3(c4ccc5c(c4)OCO5)CC3)s2)N(C)C)cc1. The number of aromatic nitrogens is 1. The zero-order valence-corrected chi connectivity index (χ0v) is 19.1. The number of carbonyl (C=O) groups excluding carboxylic acids is 1. The Hall–Kier alpha value is -3.10. The third kappa shape index (κ3) is 3.69. The smallest absolute Gasteiger partial charge is 0.236 e. The van der Waals surface area contributed by atoms with E-state index in [9.17, 15) is 4.79 Å². The van der Waals surface area contributed by atoms with Crippen LogP contribution in [0.15, 0.2) is 48.7 Å². The van der Waals surface area contributed by atoms with E-state index in [0.717, 1.165) is 40.3 Å². The number of nitrogens with one attached hydrogen (secondary N) is 1. The molecule has 5 rings (SSSR count). The van der Waals surface area contributed by atoms with Gasteiger partial charge < -0.3 is 19.5 Å². The number of amides is 1. The fraction of sp³-hybridized carbons (Fsp3) is 0.333. The zero-order valence-electron chi connectivity index (χ0n) is 18.3. The molecule has 0 saturated heterocycles. The van der Waals surface area contributed by atoms with Gasteiger partial charge in [0.1, 0.15) is 5.75 Å². The number of anilines is 1. The molecule has 7 nitrogen and oxygen atoms in total. The molecule has 1 aliphatic heterocycles. The summed E-state index contributed by atoms with van der Waals surface area (Å²) in [6.45, 7) is 0.223. The third-order valence-electron chi connectivity index (χ3n) is 6.07. The van der Waals surface area contributed by atoms with Gasteiger partial charge in [0, 0.05) is 11.1 Å². The Kier molecular flexibility index (Phi) is 5.27. The summed E-state index contributed by atoms with van der Waals surface area (Å²) in [5, 5.41) is 3.66. The summed E-state index contributed by atoms with van der Waals surface area (Å²) in [6.07, 6.45) is 3.46. The van der Waals surface area contributed by atoms with Crippen molar-refractivity contribution in [3.8, 4) is 17.2 Å². The Morgan fingerprint density at radius 1 is 1.16 bits per heavy atom. The number of ether oxygens (including phenoxy) is 3. The van der Waals surface area contributed by atoms with Crippen LogP contribution in [0.5, 0.6) is 17.2 Å². The number of nitrogens with zero attached hydrogens (tertiary/aromatic N) is 2. The van der Waals surface area contributed by atoms with Crippen molar-refractivity contribution in [2.75, 3.05) is 33.3 Å².